The molecule has 1 unspecified atom stereocenters. The number of carbonyl (C=O) groups is 2. The first-order valence-electron chi connectivity index (χ1n) is 10.4. The molecule has 1 aromatic heterocycles. The predicted octanol–water partition coefficient (Wildman–Crippen LogP) is 4.66. The van der Waals surface area contributed by atoms with Crippen molar-refractivity contribution in [2.45, 2.75) is 24.4 Å². The van der Waals surface area contributed by atoms with Crippen LogP contribution in [-0.4, -0.2) is 23.7 Å². The largest absolute Gasteiger partial charge is 0.447 e. The van der Waals surface area contributed by atoms with E-state index in [0.29, 0.717) is 10.8 Å². The Morgan fingerprint density at radius 1 is 1.26 bits per heavy atom. The number of primary amides is 1. The first-order valence-corrected chi connectivity index (χ1v) is 11.3. The van der Waals surface area contributed by atoms with Gasteiger partial charge in [-0.1, -0.05) is 42.5 Å². The van der Waals surface area contributed by atoms with Gasteiger partial charge < -0.3 is 20.6 Å². The molecule has 170 valence electrons. The Labute approximate surface area is 201 Å². The number of hydrogen-bond donors (Lipinski definition) is 3. The summed E-state index contributed by atoms with van der Waals surface area (Å²) in [6.07, 6.45) is 6.15. The summed E-state index contributed by atoms with van der Waals surface area (Å²) in [5.41, 5.74) is 8.47. The summed E-state index contributed by atoms with van der Waals surface area (Å²) in [4.78, 5) is 31.5. The average molecular weight is 472 g/mol. The number of urea groups is 1. The fourth-order valence-corrected chi connectivity index (χ4v) is 4.13. The number of hydrogen-bond acceptors (Lipinski definition) is 5. The van der Waals surface area contributed by atoms with Gasteiger partial charge in [-0.2, -0.15) is 0 Å². The number of benzene rings is 2. The van der Waals surface area contributed by atoms with Gasteiger partial charge in [-0.3, -0.25) is 5.32 Å². The average Bonchev–Trinajstić information content (AvgIpc) is 3.53. The fourth-order valence-electron chi connectivity index (χ4n) is 3.57. The van der Waals surface area contributed by atoms with Gasteiger partial charge in [0.1, 0.15) is 12.4 Å². The lowest BCUT2D eigenvalue weighted by atomic mass is 9.97. The molecular weight excluding hydrogens is 450 g/mol. The summed E-state index contributed by atoms with van der Waals surface area (Å²) >= 11 is 1.24. The quantitative estimate of drug-likeness (QED) is 0.344. The monoisotopic (exact) mass is 471 g/mol. The molecule has 0 bridgehead atoms. The number of anilines is 1. The Bertz CT molecular complexity index is 1300. The lowest BCUT2D eigenvalue weighted by Gasteiger charge is -2.19. The number of rotatable bonds is 7. The Hall–Kier alpha value is -4.34. The summed E-state index contributed by atoms with van der Waals surface area (Å²) in [5.74, 6) is 2.73. The summed E-state index contributed by atoms with van der Waals surface area (Å²) in [7, 11) is 0. The topological polar surface area (TPSA) is 111 Å². The van der Waals surface area contributed by atoms with Crippen LogP contribution in [-0.2, 0) is 10.3 Å². The zero-order valence-corrected chi connectivity index (χ0v) is 18.9. The van der Waals surface area contributed by atoms with Crippen molar-refractivity contribution in [1.29, 1.82) is 0 Å². The number of ether oxygens (including phenoxy) is 1. The van der Waals surface area contributed by atoms with Gasteiger partial charge in [0.05, 0.1) is 6.04 Å². The lowest BCUT2D eigenvalue weighted by molar-refractivity contribution is 0.144. The number of thiazole rings is 1. The summed E-state index contributed by atoms with van der Waals surface area (Å²) in [6, 6.07) is 14.4. The molecule has 3 aromatic rings. The maximum absolute atomic E-state index is 12.5. The van der Waals surface area contributed by atoms with E-state index in [1.165, 1.54) is 11.3 Å². The molecule has 34 heavy (non-hydrogen) atoms. The number of aromatic nitrogens is 1. The molecule has 4 N–H and O–H groups in total. The van der Waals surface area contributed by atoms with Crippen molar-refractivity contribution in [2.24, 2.45) is 5.73 Å². The van der Waals surface area contributed by atoms with E-state index in [4.69, 9.17) is 23.5 Å². The van der Waals surface area contributed by atoms with E-state index in [9.17, 15) is 9.59 Å². The van der Waals surface area contributed by atoms with Crippen LogP contribution in [0, 0.1) is 18.9 Å². The van der Waals surface area contributed by atoms with Crippen LogP contribution in [0.25, 0.3) is 16.0 Å². The first kappa shape index (κ1) is 22.8. The standard InChI is InChI=1S/C25H21N5O3S/c1-3-22-29-21(15-34-22)30-24(32)28-20(14-33-23(26)31)17-9-7-16(8-10-17)18-5-4-6-19(13-18)25(27-2)11-12-25/h1,4-10,13,15,20H,11-12,14H2,(H2,26,31)(H2,28,30,32). The molecule has 3 amide bonds. The normalized spacial score (nSPS) is 14.2. The minimum absolute atomic E-state index is 0.141. The first-order chi connectivity index (χ1) is 16.4. The van der Waals surface area contributed by atoms with E-state index < -0.39 is 18.2 Å². The highest BCUT2D eigenvalue weighted by molar-refractivity contribution is 7.10. The SMILES string of the molecule is [C-]#[N+]C1(c2cccc(-c3ccc(C(COC(N)=O)NC(=O)Nc4csc(C#C)n4)cc3)c2)CC1. The zero-order valence-electron chi connectivity index (χ0n) is 18.1. The lowest BCUT2D eigenvalue weighted by Crippen LogP contribution is -2.36. The molecule has 1 heterocycles. The number of carbonyl (C=O) groups excluding carboxylic acids is 2. The Morgan fingerprint density at radius 2 is 2.03 bits per heavy atom. The molecule has 0 saturated heterocycles. The highest BCUT2D eigenvalue weighted by Gasteiger charge is 2.52. The molecule has 1 aliphatic rings. The van der Waals surface area contributed by atoms with Gasteiger partial charge in [0.25, 0.3) is 5.54 Å². The minimum Gasteiger partial charge on any atom is -0.447 e. The molecule has 1 fully saturated rings. The third-order valence-corrected chi connectivity index (χ3v) is 6.32. The third kappa shape index (κ3) is 5.17. The zero-order chi connectivity index (χ0) is 24.1. The maximum Gasteiger partial charge on any atom is 0.404 e. The van der Waals surface area contributed by atoms with Crippen LogP contribution in [0.3, 0.4) is 0 Å². The number of nitrogens with one attached hydrogen (secondary N) is 2. The van der Waals surface area contributed by atoms with E-state index in [0.717, 1.165) is 35.1 Å². The van der Waals surface area contributed by atoms with Crippen LogP contribution >= 0.6 is 11.3 Å². The Kier molecular flexibility index (Phi) is 6.48. The van der Waals surface area contributed by atoms with Crippen LogP contribution in [0.2, 0.25) is 0 Å². The second kappa shape index (κ2) is 9.65. The van der Waals surface area contributed by atoms with Crippen molar-refractivity contribution in [3.05, 3.63) is 81.5 Å². The molecule has 0 aliphatic heterocycles. The van der Waals surface area contributed by atoms with E-state index in [1.54, 1.807) is 5.38 Å². The third-order valence-electron chi connectivity index (χ3n) is 5.55. The van der Waals surface area contributed by atoms with Gasteiger partial charge in [-0.25, -0.2) is 21.1 Å². The molecule has 0 spiro atoms. The maximum atomic E-state index is 12.5. The van der Waals surface area contributed by atoms with Gasteiger partial charge in [0, 0.05) is 23.8 Å². The summed E-state index contributed by atoms with van der Waals surface area (Å²) in [5, 5.41) is 7.46. The smallest absolute Gasteiger partial charge is 0.404 e. The van der Waals surface area contributed by atoms with Crippen molar-refractivity contribution in [3.8, 4) is 23.5 Å². The van der Waals surface area contributed by atoms with Gasteiger partial charge in [0.15, 0.2) is 5.01 Å². The van der Waals surface area contributed by atoms with Crippen molar-refractivity contribution >= 4 is 29.3 Å². The molecule has 1 aliphatic carbocycles. The Balaban J connectivity index is 1.50. The molecule has 9 heteroatoms. The molecule has 8 nitrogen and oxygen atoms in total. The van der Waals surface area contributed by atoms with E-state index >= 15 is 0 Å². The van der Waals surface area contributed by atoms with Crippen molar-refractivity contribution in [2.75, 3.05) is 11.9 Å². The predicted molar refractivity (Wildman–Crippen MR) is 130 cm³/mol. The van der Waals surface area contributed by atoms with Crippen molar-refractivity contribution in [3.63, 3.8) is 0 Å². The molecule has 4 rings (SSSR count). The van der Waals surface area contributed by atoms with Gasteiger partial charge in [0.2, 0.25) is 0 Å². The van der Waals surface area contributed by atoms with Crippen LogP contribution in [0.1, 0.15) is 35.0 Å². The number of nitrogens with two attached hydrogens (primary N) is 1. The summed E-state index contributed by atoms with van der Waals surface area (Å²) in [6.45, 7) is 7.35. The van der Waals surface area contributed by atoms with E-state index in [2.05, 4.69) is 32.4 Å². The van der Waals surface area contributed by atoms with Crippen molar-refractivity contribution in [1.82, 2.24) is 10.3 Å². The second-order valence-electron chi connectivity index (χ2n) is 7.81. The van der Waals surface area contributed by atoms with Crippen LogP contribution in [0.15, 0.2) is 53.9 Å². The van der Waals surface area contributed by atoms with Gasteiger partial charge in [-0.15, -0.1) is 17.8 Å². The van der Waals surface area contributed by atoms with Crippen LogP contribution in [0.5, 0.6) is 0 Å². The highest BCUT2D eigenvalue weighted by atomic mass is 32.1. The number of terminal acetylenes is 1. The van der Waals surface area contributed by atoms with Gasteiger partial charge >= 0.3 is 12.1 Å². The van der Waals surface area contributed by atoms with Gasteiger partial charge in [-0.05, 0) is 28.7 Å². The van der Waals surface area contributed by atoms with E-state index in [1.807, 2.05) is 42.5 Å². The summed E-state index contributed by atoms with van der Waals surface area (Å²) < 4.78 is 4.95. The molecule has 2 aromatic carbocycles. The molecule has 1 atom stereocenters. The van der Waals surface area contributed by atoms with Crippen molar-refractivity contribution < 1.29 is 14.3 Å². The number of amides is 3. The molecule has 1 saturated carbocycles. The molecule has 0 radical (unpaired) electrons. The van der Waals surface area contributed by atoms with E-state index in [-0.39, 0.29) is 12.1 Å². The van der Waals surface area contributed by atoms with Crippen LogP contribution < -0.4 is 16.4 Å². The Morgan fingerprint density at radius 3 is 2.65 bits per heavy atom. The second-order valence-corrected chi connectivity index (χ2v) is 8.67. The number of nitrogens with zero attached hydrogens (tertiary/aromatic N) is 2. The highest BCUT2D eigenvalue weighted by Crippen LogP contribution is 2.50. The molecular formula is C25H21N5O3S. The minimum atomic E-state index is -0.937. The fraction of sp³-hybridized carbons (Fsp3) is 0.200. The van der Waals surface area contributed by atoms with Crippen LogP contribution in [0.4, 0.5) is 15.4 Å².